The molecule has 0 unspecified atom stereocenters. The molecule has 1 amide bonds. The zero-order valence-corrected chi connectivity index (χ0v) is 14.7. The number of aliphatic hydroxyl groups is 2. The minimum atomic E-state index is -1.53. The van der Waals surface area contributed by atoms with Gasteiger partial charge in [0.25, 0.3) is 0 Å². The van der Waals surface area contributed by atoms with Crippen LogP contribution in [0.1, 0.15) is 19.1 Å². The second kappa shape index (κ2) is 7.78. The first-order valence-electron chi connectivity index (χ1n) is 8.54. The van der Waals surface area contributed by atoms with Gasteiger partial charge in [-0.15, -0.1) is 0 Å². The van der Waals surface area contributed by atoms with E-state index in [4.69, 9.17) is 9.94 Å². The SMILES string of the molecule is CN1CCC(N(C(=O)O)[C@@H]2O[C@@H](n3ccc(NO)nc3=O)[C@H](O)[C@@H]2O)CC1. The van der Waals surface area contributed by atoms with Gasteiger partial charge in [0.15, 0.2) is 18.3 Å². The van der Waals surface area contributed by atoms with Crippen LogP contribution in [0.3, 0.4) is 0 Å². The molecule has 5 N–H and O–H groups in total. The first-order chi connectivity index (χ1) is 12.8. The standard InChI is InChI=1S/C15H23N5O7/c1-18-5-2-8(3-6-18)20(15(24)25)13-11(22)10(21)12(27-13)19-7-4-9(17-26)16-14(19)23/h4,7-8,10-13,21-22,26H,2-3,5-6H2,1H3,(H,24,25)(H,16,17,23)/t10-,11+,12-,13-/m1/s1. The zero-order valence-electron chi connectivity index (χ0n) is 14.7. The summed E-state index contributed by atoms with van der Waals surface area (Å²) in [5.41, 5.74) is 0.886. The van der Waals surface area contributed by atoms with Gasteiger partial charge < -0.3 is 25.0 Å². The summed E-state index contributed by atoms with van der Waals surface area (Å²) in [6.45, 7) is 1.39. The minimum Gasteiger partial charge on any atom is -0.465 e. The monoisotopic (exact) mass is 385 g/mol. The summed E-state index contributed by atoms with van der Waals surface area (Å²) in [4.78, 5) is 30.5. The second-order valence-electron chi connectivity index (χ2n) is 6.74. The van der Waals surface area contributed by atoms with Gasteiger partial charge in [-0.3, -0.25) is 20.2 Å². The molecule has 12 nitrogen and oxygen atoms in total. The number of rotatable bonds is 4. The van der Waals surface area contributed by atoms with Gasteiger partial charge in [0.05, 0.1) is 0 Å². The summed E-state index contributed by atoms with van der Waals surface area (Å²) in [6, 6.07) is 0.892. The molecular weight excluding hydrogens is 362 g/mol. The Bertz CT molecular complexity index is 736. The summed E-state index contributed by atoms with van der Waals surface area (Å²) < 4.78 is 6.54. The average molecular weight is 385 g/mol. The van der Waals surface area contributed by atoms with E-state index in [0.29, 0.717) is 25.9 Å². The first kappa shape index (κ1) is 19.5. The van der Waals surface area contributed by atoms with Crippen molar-refractivity contribution in [3.63, 3.8) is 0 Å². The van der Waals surface area contributed by atoms with Gasteiger partial charge >= 0.3 is 11.8 Å². The lowest BCUT2D eigenvalue weighted by Crippen LogP contribution is -2.54. The molecule has 2 saturated heterocycles. The van der Waals surface area contributed by atoms with Gasteiger partial charge in [-0.05, 0) is 39.0 Å². The van der Waals surface area contributed by atoms with Crippen molar-refractivity contribution < 1.29 is 30.1 Å². The number of aliphatic hydroxyl groups excluding tert-OH is 2. The van der Waals surface area contributed by atoms with E-state index in [1.54, 1.807) is 5.48 Å². The van der Waals surface area contributed by atoms with Crippen LogP contribution in [0.2, 0.25) is 0 Å². The van der Waals surface area contributed by atoms with Gasteiger partial charge in [-0.1, -0.05) is 0 Å². The highest BCUT2D eigenvalue weighted by molar-refractivity contribution is 5.66. The van der Waals surface area contributed by atoms with Crippen LogP contribution < -0.4 is 11.2 Å². The van der Waals surface area contributed by atoms with E-state index >= 15 is 0 Å². The van der Waals surface area contributed by atoms with Crippen molar-refractivity contribution in [1.29, 1.82) is 0 Å². The number of carbonyl (C=O) groups is 1. The molecule has 0 saturated carbocycles. The molecule has 1 aromatic heterocycles. The van der Waals surface area contributed by atoms with Crippen LogP contribution in [0.4, 0.5) is 10.6 Å². The fourth-order valence-corrected chi connectivity index (χ4v) is 3.52. The van der Waals surface area contributed by atoms with Crippen LogP contribution in [0.5, 0.6) is 0 Å². The number of anilines is 1. The highest BCUT2D eigenvalue weighted by atomic mass is 16.6. The molecule has 2 aliphatic heterocycles. The summed E-state index contributed by atoms with van der Waals surface area (Å²) >= 11 is 0. The van der Waals surface area contributed by atoms with Gasteiger partial charge in [-0.25, -0.2) is 9.59 Å². The maximum Gasteiger partial charge on any atom is 0.409 e. The fraction of sp³-hybridized carbons (Fsp3) is 0.667. The van der Waals surface area contributed by atoms with E-state index in [-0.39, 0.29) is 11.9 Å². The smallest absolute Gasteiger partial charge is 0.409 e. The number of nitrogens with zero attached hydrogens (tertiary/aromatic N) is 4. The third kappa shape index (κ3) is 3.75. The van der Waals surface area contributed by atoms with Gasteiger partial charge in [0, 0.05) is 12.2 Å². The van der Waals surface area contributed by atoms with Crippen molar-refractivity contribution in [3.05, 3.63) is 22.7 Å². The lowest BCUT2D eigenvalue weighted by atomic mass is 10.0. The third-order valence-corrected chi connectivity index (χ3v) is 5.01. The lowest BCUT2D eigenvalue weighted by Gasteiger charge is -2.39. The van der Waals surface area contributed by atoms with E-state index in [9.17, 15) is 24.9 Å². The Balaban J connectivity index is 1.84. The number of likely N-dealkylation sites (tertiary alicyclic amines) is 1. The van der Waals surface area contributed by atoms with Crippen molar-refractivity contribution in [2.75, 3.05) is 25.6 Å². The van der Waals surface area contributed by atoms with Crippen LogP contribution in [0.15, 0.2) is 17.1 Å². The van der Waals surface area contributed by atoms with E-state index < -0.39 is 36.4 Å². The van der Waals surface area contributed by atoms with Crippen LogP contribution in [-0.4, -0.2) is 90.6 Å². The van der Waals surface area contributed by atoms with E-state index in [2.05, 4.69) is 9.88 Å². The Morgan fingerprint density at radius 2 is 2.00 bits per heavy atom. The molecule has 4 atom stereocenters. The molecule has 0 spiro atoms. The maximum absolute atomic E-state index is 12.1. The molecule has 12 heteroatoms. The van der Waals surface area contributed by atoms with Crippen molar-refractivity contribution in [3.8, 4) is 0 Å². The van der Waals surface area contributed by atoms with E-state index in [1.165, 1.54) is 12.3 Å². The van der Waals surface area contributed by atoms with Crippen LogP contribution in [-0.2, 0) is 4.74 Å². The number of aromatic nitrogens is 2. The third-order valence-electron chi connectivity index (χ3n) is 5.01. The summed E-state index contributed by atoms with van der Waals surface area (Å²) in [5, 5.41) is 39.2. The first-order valence-corrected chi connectivity index (χ1v) is 8.54. The number of hydrogen-bond acceptors (Lipinski definition) is 9. The Morgan fingerprint density at radius 3 is 2.56 bits per heavy atom. The quantitative estimate of drug-likeness (QED) is 0.394. The molecule has 2 aliphatic rings. The average Bonchev–Trinajstić information content (AvgIpc) is 2.92. The van der Waals surface area contributed by atoms with Crippen molar-refractivity contribution in [2.24, 2.45) is 0 Å². The largest absolute Gasteiger partial charge is 0.465 e. The molecule has 27 heavy (non-hydrogen) atoms. The van der Waals surface area contributed by atoms with Crippen molar-refractivity contribution >= 4 is 11.9 Å². The Morgan fingerprint density at radius 1 is 1.33 bits per heavy atom. The zero-order chi connectivity index (χ0) is 19.7. The molecule has 0 aromatic carbocycles. The number of amides is 1. The highest BCUT2D eigenvalue weighted by Crippen LogP contribution is 2.33. The fourth-order valence-electron chi connectivity index (χ4n) is 3.52. The Labute approximate surface area is 154 Å². The van der Waals surface area contributed by atoms with Gasteiger partial charge in [-0.2, -0.15) is 4.98 Å². The number of piperidine rings is 1. The molecule has 0 bridgehead atoms. The molecule has 150 valence electrons. The number of carboxylic acid groups (broad SMARTS) is 1. The number of ether oxygens (including phenoxy) is 1. The molecule has 2 fully saturated rings. The van der Waals surface area contributed by atoms with E-state index in [0.717, 1.165) is 9.47 Å². The summed E-state index contributed by atoms with van der Waals surface area (Å²) in [6.07, 6.45) is -4.62. The predicted molar refractivity (Wildman–Crippen MR) is 90.2 cm³/mol. The predicted octanol–water partition coefficient (Wildman–Crippen LogP) is -1.30. The summed E-state index contributed by atoms with van der Waals surface area (Å²) in [7, 11) is 1.94. The van der Waals surface area contributed by atoms with Crippen molar-refractivity contribution in [1.82, 2.24) is 19.4 Å². The van der Waals surface area contributed by atoms with Crippen LogP contribution >= 0.6 is 0 Å². The Kier molecular flexibility index (Phi) is 5.62. The minimum absolute atomic E-state index is 0.0978. The van der Waals surface area contributed by atoms with Gasteiger partial charge in [0.1, 0.15) is 12.2 Å². The highest BCUT2D eigenvalue weighted by Gasteiger charge is 2.50. The van der Waals surface area contributed by atoms with Crippen LogP contribution in [0.25, 0.3) is 0 Å². The van der Waals surface area contributed by atoms with Crippen LogP contribution in [0, 0.1) is 0 Å². The topological polar surface area (TPSA) is 161 Å². The van der Waals surface area contributed by atoms with E-state index in [1.807, 2.05) is 7.05 Å². The second-order valence-corrected chi connectivity index (χ2v) is 6.74. The number of hydrogen-bond donors (Lipinski definition) is 5. The molecule has 0 radical (unpaired) electrons. The normalized spacial score (nSPS) is 29.6. The molecule has 3 heterocycles. The summed E-state index contributed by atoms with van der Waals surface area (Å²) in [5.74, 6) is -0.0978. The molecular formula is C15H23N5O7. The number of nitrogens with one attached hydrogen (secondary N) is 1. The molecule has 0 aliphatic carbocycles. The van der Waals surface area contributed by atoms with Gasteiger partial charge in [0.2, 0.25) is 0 Å². The Hall–Kier alpha value is -2.25. The molecule has 3 rings (SSSR count). The molecule has 1 aromatic rings. The lowest BCUT2D eigenvalue weighted by molar-refractivity contribution is -0.114. The van der Waals surface area contributed by atoms with Crippen molar-refractivity contribution in [2.45, 2.75) is 43.5 Å². The maximum atomic E-state index is 12.1.